The molecule has 1 N–H and O–H groups in total. The fourth-order valence-electron chi connectivity index (χ4n) is 2.00. The molecule has 2 aromatic rings. The fraction of sp³-hybridized carbons (Fsp3) is 0.389. The van der Waals surface area contributed by atoms with Crippen LogP contribution in [0, 0.1) is 0 Å². The molecule has 7 heteroatoms. The summed E-state index contributed by atoms with van der Waals surface area (Å²) in [5.74, 6) is -0.276. The van der Waals surface area contributed by atoms with Gasteiger partial charge < -0.3 is 9.47 Å². The fourth-order valence-corrected chi connectivity index (χ4v) is 2.66. The van der Waals surface area contributed by atoms with E-state index in [1.165, 1.54) is 11.3 Å². The number of esters is 1. The number of aromatic nitrogens is 1. The first-order valence-corrected chi connectivity index (χ1v) is 9.05. The van der Waals surface area contributed by atoms with Crippen molar-refractivity contribution in [1.29, 1.82) is 0 Å². The maximum Gasteiger partial charge on any atom is 0.311 e. The Hall–Kier alpha value is -2.25. The molecule has 0 radical (unpaired) electrons. The summed E-state index contributed by atoms with van der Waals surface area (Å²) in [5, 5.41) is 6.68. The largest absolute Gasteiger partial charge is 0.466 e. The number of hydrogen-bond donors (Lipinski definition) is 1. The molecular weight excluding hydrogens is 338 g/mol. The van der Waals surface area contributed by atoms with Crippen molar-refractivity contribution in [3.8, 4) is 0 Å². The highest BCUT2D eigenvalue weighted by Crippen LogP contribution is 2.16. The Labute approximate surface area is 151 Å². The van der Waals surface area contributed by atoms with Gasteiger partial charge in [-0.05, 0) is 26.3 Å². The molecule has 25 heavy (non-hydrogen) atoms. The first-order valence-electron chi connectivity index (χ1n) is 8.17. The van der Waals surface area contributed by atoms with E-state index >= 15 is 0 Å². The number of nitrogens with one attached hydrogen (secondary N) is 1. The molecule has 0 atom stereocenters. The molecule has 0 saturated heterocycles. The van der Waals surface area contributed by atoms with Crippen molar-refractivity contribution in [3.63, 3.8) is 0 Å². The Bertz CT molecular complexity index is 713. The summed E-state index contributed by atoms with van der Waals surface area (Å²) in [6, 6.07) is 7.94. The maximum absolute atomic E-state index is 11.4. The molecule has 1 heterocycles. The smallest absolute Gasteiger partial charge is 0.311 e. The highest BCUT2D eigenvalue weighted by molar-refractivity contribution is 7.13. The molecule has 0 amide bonds. The number of hydrogen-bond acceptors (Lipinski definition) is 7. The molecule has 0 saturated carbocycles. The van der Waals surface area contributed by atoms with Gasteiger partial charge in [-0.15, -0.1) is 11.3 Å². The Morgan fingerprint density at radius 3 is 2.96 bits per heavy atom. The summed E-state index contributed by atoms with van der Waals surface area (Å²) in [6.07, 6.45) is 2.09. The third-order valence-electron chi connectivity index (χ3n) is 3.17. The van der Waals surface area contributed by atoms with Gasteiger partial charge in [0.25, 0.3) is 0 Å². The highest BCUT2D eigenvalue weighted by atomic mass is 32.1. The number of thiazole rings is 1. The van der Waals surface area contributed by atoms with Crippen LogP contribution >= 0.6 is 11.3 Å². The summed E-state index contributed by atoms with van der Waals surface area (Å²) < 4.78 is 10.6. The molecule has 0 aliphatic rings. The van der Waals surface area contributed by atoms with Gasteiger partial charge in [0.05, 0.1) is 37.6 Å². The van der Waals surface area contributed by atoms with Crippen LogP contribution in [0.15, 0.2) is 34.7 Å². The zero-order valence-corrected chi connectivity index (χ0v) is 15.5. The molecule has 6 nitrogen and oxygen atoms in total. The number of nitrogens with zero attached hydrogens (tertiary/aromatic N) is 2. The van der Waals surface area contributed by atoms with E-state index in [2.05, 4.69) is 15.5 Å². The van der Waals surface area contributed by atoms with E-state index in [0.717, 1.165) is 11.1 Å². The van der Waals surface area contributed by atoms with E-state index in [-0.39, 0.29) is 18.5 Å². The van der Waals surface area contributed by atoms with Crippen LogP contribution in [0.3, 0.4) is 0 Å². The van der Waals surface area contributed by atoms with Gasteiger partial charge >= 0.3 is 5.97 Å². The number of anilines is 1. The minimum atomic E-state index is -0.276. The number of carbonyl (C=O) groups is 1. The van der Waals surface area contributed by atoms with Crippen LogP contribution in [0.2, 0.25) is 0 Å². The van der Waals surface area contributed by atoms with E-state index in [0.29, 0.717) is 24.0 Å². The predicted octanol–water partition coefficient (Wildman–Crippen LogP) is 3.62. The third kappa shape index (κ3) is 6.64. The van der Waals surface area contributed by atoms with Crippen molar-refractivity contribution >= 4 is 28.7 Å². The van der Waals surface area contributed by atoms with Crippen molar-refractivity contribution in [2.45, 2.75) is 39.9 Å². The van der Waals surface area contributed by atoms with Crippen molar-refractivity contribution in [2.24, 2.45) is 5.10 Å². The molecule has 1 aromatic carbocycles. The lowest BCUT2D eigenvalue weighted by Gasteiger charge is -2.09. The molecular formula is C18H23N3O3S. The second-order valence-corrected chi connectivity index (χ2v) is 6.41. The van der Waals surface area contributed by atoms with Gasteiger partial charge in [0.2, 0.25) is 5.13 Å². The van der Waals surface area contributed by atoms with E-state index in [4.69, 9.17) is 9.47 Å². The van der Waals surface area contributed by atoms with Crippen LogP contribution in [0.1, 0.15) is 37.6 Å². The summed E-state index contributed by atoms with van der Waals surface area (Å²) in [6.45, 7) is 6.72. The Morgan fingerprint density at radius 2 is 2.20 bits per heavy atom. The van der Waals surface area contributed by atoms with Crippen molar-refractivity contribution in [3.05, 3.63) is 46.5 Å². The SMILES string of the molecule is CCOC(=O)Cc1csc(NN=Cc2ccccc2COC(C)C)n1. The Balaban J connectivity index is 1.93. The third-order valence-corrected chi connectivity index (χ3v) is 3.97. The van der Waals surface area contributed by atoms with Crippen molar-refractivity contribution in [2.75, 3.05) is 12.0 Å². The monoisotopic (exact) mass is 361 g/mol. The van der Waals surface area contributed by atoms with Crippen LogP contribution in [-0.4, -0.2) is 29.9 Å². The Kier molecular flexibility index (Phi) is 7.56. The lowest BCUT2D eigenvalue weighted by molar-refractivity contribution is -0.142. The topological polar surface area (TPSA) is 72.8 Å². The molecule has 0 aliphatic carbocycles. The van der Waals surface area contributed by atoms with E-state index in [9.17, 15) is 4.79 Å². The second-order valence-electron chi connectivity index (χ2n) is 5.55. The minimum absolute atomic E-state index is 0.172. The molecule has 0 fully saturated rings. The summed E-state index contributed by atoms with van der Waals surface area (Å²) in [7, 11) is 0. The molecule has 0 unspecified atom stereocenters. The first kappa shape index (κ1) is 19.1. The van der Waals surface area contributed by atoms with Gasteiger partial charge in [0.1, 0.15) is 0 Å². The van der Waals surface area contributed by atoms with Gasteiger partial charge in [0, 0.05) is 10.9 Å². The first-order chi connectivity index (χ1) is 12.1. The standard InChI is InChI=1S/C18H23N3O3S/c1-4-23-17(22)9-16-12-25-18(20-16)21-19-10-14-7-5-6-8-15(14)11-24-13(2)3/h5-8,10,12-13H,4,9,11H2,1-3H3,(H,20,21). The average Bonchev–Trinajstić information content (AvgIpc) is 3.01. The van der Waals surface area contributed by atoms with Gasteiger partial charge in [-0.25, -0.2) is 4.98 Å². The lowest BCUT2D eigenvalue weighted by Crippen LogP contribution is -2.07. The number of benzene rings is 1. The van der Waals surface area contributed by atoms with Gasteiger partial charge in [-0.1, -0.05) is 24.3 Å². The number of carbonyl (C=O) groups excluding carboxylic acids is 1. The molecule has 0 spiro atoms. The van der Waals surface area contributed by atoms with Crippen LogP contribution in [0.25, 0.3) is 0 Å². The van der Waals surface area contributed by atoms with Gasteiger partial charge in [-0.3, -0.25) is 10.2 Å². The average molecular weight is 361 g/mol. The van der Waals surface area contributed by atoms with Gasteiger partial charge in [0.15, 0.2) is 0 Å². The Morgan fingerprint density at radius 1 is 1.40 bits per heavy atom. The number of rotatable bonds is 9. The maximum atomic E-state index is 11.4. The summed E-state index contributed by atoms with van der Waals surface area (Å²) >= 11 is 1.39. The lowest BCUT2D eigenvalue weighted by atomic mass is 10.1. The summed E-state index contributed by atoms with van der Waals surface area (Å²) in [4.78, 5) is 15.8. The van der Waals surface area contributed by atoms with Crippen LogP contribution in [0.5, 0.6) is 0 Å². The van der Waals surface area contributed by atoms with Crippen molar-refractivity contribution < 1.29 is 14.3 Å². The van der Waals surface area contributed by atoms with Gasteiger partial charge in [-0.2, -0.15) is 5.10 Å². The minimum Gasteiger partial charge on any atom is -0.466 e. The van der Waals surface area contributed by atoms with E-state index < -0.39 is 0 Å². The van der Waals surface area contributed by atoms with Crippen LogP contribution in [0.4, 0.5) is 5.13 Å². The molecule has 0 bridgehead atoms. The van der Waals surface area contributed by atoms with E-state index in [1.807, 2.05) is 43.5 Å². The predicted molar refractivity (Wildman–Crippen MR) is 100 cm³/mol. The van der Waals surface area contributed by atoms with Crippen LogP contribution < -0.4 is 5.43 Å². The van der Waals surface area contributed by atoms with E-state index in [1.54, 1.807) is 13.1 Å². The molecule has 0 aliphatic heterocycles. The highest BCUT2D eigenvalue weighted by Gasteiger charge is 2.08. The second kappa shape index (κ2) is 9.90. The number of ether oxygens (including phenoxy) is 2. The zero-order chi connectivity index (χ0) is 18.1. The van der Waals surface area contributed by atoms with Crippen LogP contribution in [-0.2, 0) is 27.3 Å². The normalized spacial score (nSPS) is 11.2. The zero-order valence-electron chi connectivity index (χ0n) is 14.7. The van der Waals surface area contributed by atoms with Crippen molar-refractivity contribution in [1.82, 2.24) is 4.98 Å². The number of hydrazone groups is 1. The molecule has 2 rings (SSSR count). The quantitative estimate of drug-likeness (QED) is 0.419. The molecule has 1 aromatic heterocycles. The molecule has 134 valence electrons. The summed E-state index contributed by atoms with van der Waals surface area (Å²) in [5.41, 5.74) is 5.63.